The highest BCUT2D eigenvalue weighted by Crippen LogP contribution is 2.34. The van der Waals surface area contributed by atoms with Crippen molar-refractivity contribution in [1.29, 1.82) is 0 Å². The Hall–Kier alpha value is -0.0400. The molecule has 1 N–H and O–H groups in total. The van der Waals surface area contributed by atoms with Crippen LogP contribution < -0.4 is 0 Å². The SMILES string of the molecule is CCCCC(CC)CC(O)C1CCC(CC)CC1. The predicted octanol–water partition coefficient (Wildman–Crippen LogP) is 5.17. The topological polar surface area (TPSA) is 20.2 Å². The second-order valence-electron chi connectivity index (χ2n) is 6.41. The monoisotopic (exact) mass is 254 g/mol. The third-order valence-electron chi connectivity index (χ3n) is 5.13. The van der Waals surface area contributed by atoms with Gasteiger partial charge in [0.15, 0.2) is 0 Å². The Balaban J connectivity index is 2.28. The molecule has 18 heavy (non-hydrogen) atoms. The fourth-order valence-electron chi connectivity index (χ4n) is 3.50. The minimum atomic E-state index is -0.0235. The smallest absolute Gasteiger partial charge is 0.0571 e. The first-order valence-electron chi connectivity index (χ1n) is 8.39. The quantitative estimate of drug-likeness (QED) is 0.633. The molecule has 0 bridgehead atoms. The van der Waals surface area contributed by atoms with Crippen molar-refractivity contribution < 1.29 is 5.11 Å². The summed E-state index contributed by atoms with van der Waals surface area (Å²) in [6.07, 6.45) is 12.8. The fraction of sp³-hybridized carbons (Fsp3) is 1.00. The van der Waals surface area contributed by atoms with E-state index in [4.69, 9.17) is 0 Å². The zero-order chi connectivity index (χ0) is 13.4. The van der Waals surface area contributed by atoms with Gasteiger partial charge in [-0.05, 0) is 37.0 Å². The Labute approximate surface area is 114 Å². The molecule has 1 fully saturated rings. The Morgan fingerprint density at radius 3 is 2.22 bits per heavy atom. The van der Waals surface area contributed by atoms with E-state index in [2.05, 4.69) is 20.8 Å². The molecule has 0 amide bonds. The van der Waals surface area contributed by atoms with Crippen LogP contribution in [0.5, 0.6) is 0 Å². The Kier molecular flexibility index (Phi) is 7.97. The molecule has 1 aliphatic rings. The summed E-state index contributed by atoms with van der Waals surface area (Å²) in [7, 11) is 0. The Morgan fingerprint density at radius 2 is 1.72 bits per heavy atom. The van der Waals surface area contributed by atoms with Gasteiger partial charge in [-0.25, -0.2) is 0 Å². The van der Waals surface area contributed by atoms with Crippen molar-refractivity contribution in [2.75, 3.05) is 0 Å². The van der Waals surface area contributed by atoms with E-state index >= 15 is 0 Å². The molecule has 0 aromatic carbocycles. The molecule has 0 aromatic heterocycles. The van der Waals surface area contributed by atoms with E-state index in [1.165, 1.54) is 57.8 Å². The summed E-state index contributed by atoms with van der Waals surface area (Å²) < 4.78 is 0. The maximum atomic E-state index is 10.4. The lowest BCUT2D eigenvalue weighted by Crippen LogP contribution is -2.27. The van der Waals surface area contributed by atoms with E-state index < -0.39 is 0 Å². The summed E-state index contributed by atoms with van der Waals surface area (Å²) in [4.78, 5) is 0. The van der Waals surface area contributed by atoms with E-state index in [1.807, 2.05) is 0 Å². The van der Waals surface area contributed by atoms with Gasteiger partial charge in [-0.2, -0.15) is 0 Å². The Bertz CT molecular complexity index is 194. The minimum absolute atomic E-state index is 0.0235. The zero-order valence-electron chi connectivity index (χ0n) is 12.8. The van der Waals surface area contributed by atoms with Gasteiger partial charge >= 0.3 is 0 Å². The van der Waals surface area contributed by atoms with Crippen molar-refractivity contribution in [3.05, 3.63) is 0 Å². The third-order valence-corrected chi connectivity index (χ3v) is 5.13. The van der Waals surface area contributed by atoms with Crippen LogP contribution in [0.25, 0.3) is 0 Å². The van der Waals surface area contributed by atoms with Crippen molar-refractivity contribution in [3.63, 3.8) is 0 Å². The molecule has 1 saturated carbocycles. The molecule has 1 heteroatoms. The van der Waals surface area contributed by atoms with Crippen molar-refractivity contribution >= 4 is 0 Å². The van der Waals surface area contributed by atoms with Gasteiger partial charge in [0.1, 0.15) is 0 Å². The Morgan fingerprint density at radius 1 is 1.06 bits per heavy atom. The van der Waals surface area contributed by atoms with Crippen LogP contribution in [0.4, 0.5) is 0 Å². The summed E-state index contributed by atoms with van der Waals surface area (Å²) in [6.45, 7) is 6.84. The average Bonchev–Trinajstić information content (AvgIpc) is 2.43. The normalized spacial score (nSPS) is 28.0. The largest absolute Gasteiger partial charge is 0.393 e. The van der Waals surface area contributed by atoms with Gasteiger partial charge < -0.3 is 5.11 Å². The highest BCUT2D eigenvalue weighted by molar-refractivity contribution is 4.78. The van der Waals surface area contributed by atoms with Gasteiger partial charge in [-0.1, -0.05) is 65.7 Å². The van der Waals surface area contributed by atoms with Gasteiger partial charge in [0.2, 0.25) is 0 Å². The first-order chi connectivity index (χ1) is 8.71. The van der Waals surface area contributed by atoms with E-state index in [-0.39, 0.29) is 6.10 Å². The molecule has 1 nitrogen and oxygen atoms in total. The summed E-state index contributed by atoms with van der Waals surface area (Å²) >= 11 is 0. The van der Waals surface area contributed by atoms with Crippen molar-refractivity contribution in [1.82, 2.24) is 0 Å². The van der Waals surface area contributed by atoms with E-state index in [9.17, 15) is 5.11 Å². The van der Waals surface area contributed by atoms with Crippen LogP contribution in [0.15, 0.2) is 0 Å². The molecule has 0 radical (unpaired) electrons. The maximum Gasteiger partial charge on any atom is 0.0571 e. The second-order valence-corrected chi connectivity index (χ2v) is 6.41. The lowest BCUT2D eigenvalue weighted by molar-refractivity contribution is 0.0507. The minimum Gasteiger partial charge on any atom is -0.393 e. The van der Waals surface area contributed by atoms with Crippen LogP contribution >= 0.6 is 0 Å². The van der Waals surface area contributed by atoms with Crippen LogP contribution in [0.1, 0.15) is 85.0 Å². The first-order valence-corrected chi connectivity index (χ1v) is 8.39. The fourth-order valence-corrected chi connectivity index (χ4v) is 3.50. The van der Waals surface area contributed by atoms with Gasteiger partial charge in [0, 0.05) is 0 Å². The standard InChI is InChI=1S/C17H34O/c1-4-7-8-15(6-3)13-17(18)16-11-9-14(5-2)10-12-16/h14-18H,4-13H2,1-3H3. The maximum absolute atomic E-state index is 10.4. The molecule has 0 aliphatic heterocycles. The highest BCUT2D eigenvalue weighted by Gasteiger charge is 2.26. The zero-order valence-corrected chi connectivity index (χ0v) is 12.8. The van der Waals surface area contributed by atoms with Crippen molar-refractivity contribution in [2.24, 2.45) is 17.8 Å². The molecule has 2 atom stereocenters. The summed E-state index contributed by atoms with van der Waals surface area (Å²) in [6, 6.07) is 0. The van der Waals surface area contributed by atoms with Gasteiger partial charge in [0.05, 0.1) is 6.10 Å². The van der Waals surface area contributed by atoms with Crippen molar-refractivity contribution in [2.45, 2.75) is 91.1 Å². The molecule has 1 aliphatic carbocycles. The van der Waals surface area contributed by atoms with Crippen LogP contribution in [-0.4, -0.2) is 11.2 Å². The molecule has 0 aromatic rings. The number of hydrogen-bond acceptors (Lipinski definition) is 1. The molecule has 2 unspecified atom stereocenters. The summed E-state index contributed by atoms with van der Waals surface area (Å²) in [5.74, 6) is 2.29. The summed E-state index contributed by atoms with van der Waals surface area (Å²) in [5.41, 5.74) is 0. The van der Waals surface area contributed by atoms with Gasteiger partial charge in [0.25, 0.3) is 0 Å². The van der Waals surface area contributed by atoms with Gasteiger partial charge in [-0.15, -0.1) is 0 Å². The number of aliphatic hydroxyl groups excluding tert-OH is 1. The summed E-state index contributed by atoms with van der Waals surface area (Å²) in [5, 5.41) is 10.4. The van der Waals surface area contributed by atoms with Crippen LogP contribution in [-0.2, 0) is 0 Å². The molecule has 0 saturated heterocycles. The number of hydrogen-bond donors (Lipinski definition) is 1. The van der Waals surface area contributed by atoms with Crippen LogP contribution in [0, 0.1) is 17.8 Å². The molecule has 0 heterocycles. The lowest BCUT2D eigenvalue weighted by atomic mass is 9.76. The lowest BCUT2D eigenvalue weighted by Gasteiger charge is -2.32. The number of rotatable bonds is 8. The van der Waals surface area contributed by atoms with E-state index in [0.717, 1.165) is 18.3 Å². The van der Waals surface area contributed by atoms with Crippen LogP contribution in [0.2, 0.25) is 0 Å². The highest BCUT2D eigenvalue weighted by atomic mass is 16.3. The molecule has 108 valence electrons. The van der Waals surface area contributed by atoms with Crippen LogP contribution in [0.3, 0.4) is 0 Å². The number of aliphatic hydroxyl groups is 1. The van der Waals surface area contributed by atoms with Gasteiger partial charge in [-0.3, -0.25) is 0 Å². The molecule has 0 spiro atoms. The second kappa shape index (κ2) is 8.96. The molecular formula is C17H34O. The average molecular weight is 254 g/mol. The molecular weight excluding hydrogens is 220 g/mol. The molecule has 1 rings (SSSR count). The first kappa shape index (κ1) is 16.0. The third kappa shape index (κ3) is 5.30. The van der Waals surface area contributed by atoms with Crippen molar-refractivity contribution in [3.8, 4) is 0 Å². The van der Waals surface area contributed by atoms with E-state index in [1.54, 1.807) is 0 Å². The predicted molar refractivity (Wildman–Crippen MR) is 79.7 cm³/mol. The number of unbranched alkanes of at least 4 members (excludes halogenated alkanes) is 1. The van der Waals surface area contributed by atoms with E-state index in [0.29, 0.717) is 5.92 Å².